The standard InChI is InChI=1S/C18H14Cl2N4/c1-24-15-5-3-2-4-13(15)16(14-6-7-22-18(20)23-14)17(24)11-8-12(19)10-21-9-11/h3,5-10H,2,4H2,1H3. The van der Waals surface area contributed by atoms with Crippen LogP contribution in [0.25, 0.3) is 28.6 Å². The molecule has 1 aliphatic carbocycles. The highest BCUT2D eigenvalue weighted by molar-refractivity contribution is 6.30. The third-order valence-corrected chi connectivity index (χ3v) is 4.63. The van der Waals surface area contributed by atoms with Gasteiger partial charge in [-0.1, -0.05) is 17.7 Å². The number of nitrogens with zero attached hydrogens (tertiary/aromatic N) is 4. The molecular weight excluding hydrogens is 343 g/mol. The van der Waals surface area contributed by atoms with Crippen molar-refractivity contribution in [3.8, 4) is 22.5 Å². The zero-order chi connectivity index (χ0) is 16.7. The van der Waals surface area contributed by atoms with Crippen LogP contribution in [0.1, 0.15) is 17.7 Å². The molecule has 6 heteroatoms. The Kier molecular flexibility index (Phi) is 3.87. The summed E-state index contributed by atoms with van der Waals surface area (Å²) in [5, 5.41) is 0.848. The SMILES string of the molecule is Cn1c2c(c(-c3ccnc(Cl)n3)c1-c1cncc(Cl)c1)CCC=C2. The van der Waals surface area contributed by atoms with Crippen LogP contribution >= 0.6 is 23.2 Å². The lowest BCUT2D eigenvalue weighted by molar-refractivity contribution is 0.890. The van der Waals surface area contributed by atoms with Crippen molar-refractivity contribution in [1.29, 1.82) is 0 Å². The summed E-state index contributed by atoms with van der Waals surface area (Å²) in [6, 6.07) is 3.81. The van der Waals surface area contributed by atoms with E-state index in [0.717, 1.165) is 35.4 Å². The normalized spacial score (nSPS) is 13.1. The van der Waals surface area contributed by atoms with Gasteiger partial charge in [0.2, 0.25) is 5.28 Å². The zero-order valence-corrected chi connectivity index (χ0v) is 14.5. The van der Waals surface area contributed by atoms with Gasteiger partial charge in [0.1, 0.15) is 0 Å². The minimum atomic E-state index is 0.242. The molecule has 0 saturated carbocycles. The Balaban J connectivity index is 2.06. The van der Waals surface area contributed by atoms with Crippen molar-refractivity contribution in [2.45, 2.75) is 12.8 Å². The van der Waals surface area contributed by atoms with Gasteiger partial charge in [0.15, 0.2) is 0 Å². The van der Waals surface area contributed by atoms with E-state index in [1.54, 1.807) is 12.4 Å². The zero-order valence-electron chi connectivity index (χ0n) is 13.0. The number of fused-ring (bicyclic) bond motifs is 1. The molecule has 0 unspecified atom stereocenters. The van der Waals surface area contributed by atoms with Gasteiger partial charge < -0.3 is 4.57 Å². The van der Waals surface area contributed by atoms with Gasteiger partial charge in [-0.25, -0.2) is 9.97 Å². The van der Waals surface area contributed by atoms with E-state index in [1.807, 2.05) is 18.3 Å². The Hall–Kier alpha value is -2.17. The summed E-state index contributed by atoms with van der Waals surface area (Å²) < 4.78 is 2.17. The molecule has 4 rings (SSSR count). The second-order valence-corrected chi connectivity index (χ2v) is 6.46. The molecule has 0 aromatic carbocycles. The van der Waals surface area contributed by atoms with Crippen molar-refractivity contribution in [1.82, 2.24) is 19.5 Å². The van der Waals surface area contributed by atoms with Crippen LogP contribution in [0.4, 0.5) is 0 Å². The first-order valence-electron chi connectivity index (χ1n) is 7.63. The number of rotatable bonds is 2. The maximum atomic E-state index is 6.16. The number of pyridine rings is 1. The topological polar surface area (TPSA) is 43.6 Å². The summed E-state index contributed by atoms with van der Waals surface area (Å²) in [5.74, 6) is 0. The molecule has 0 amide bonds. The highest BCUT2D eigenvalue weighted by Gasteiger charge is 2.24. The first-order valence-corrected chi connectivity index (χ1v) is 8.38. The summed E-state index contributed by atoms with van der Waals surface area (Å²) in [5.41, 5.74) is 6.34. The van der Waals surface area contributed by atoms with Gasteiger partial charge in [0.05, 0.1) is 16.4 Å². The number of aromatic nitrogens is 4. The lowest BCUT2D eigenvalue weighted by Gasteiger charge is -2.09. The molecule has 0 fully saturated rings. The van der Waals surface area contributed by atoms with Crippen LogP contribution in [0.15, 0.2) is 36.8 Å². The summed E-state index contributed by atoms with van der Waals surface area (Å²) in [7, 11) is 2.05. The first kappa shape index (κ1) is 15.4. The number of halogens is 2. The molecule has 1 aliphatic rings. The monoisotopic (exact) mass is 356 g/mol. The van der Waals surface area contributed by atoms with Crippen LogP contribution in [-0.4, -0.2) is 19.5 Å². The van der Waals surface area contributed by atoms with Crippen LogP contribution in [0.3, 0.4) is 0 Å². The van der Waals surface area contributed by atoms with E-state index in [0.29, 0.717) is 5.02 Å². The van der Waals surface area contributed by atoms with Gasteiger partial charge >= 0.3 is 0 Å². The average Bonchev–Trinajstić information content (AvgIpc) is 2.88. The van der Waals surface area contributed by atoms with Gasteiger partial charge in [0, 0.05) is 42.5 Å². The highest BCUT2D eigenvalue weighted by atomic mass is 35.5. The lowest BCUT2D eigenvalue weighted by Crippen LogP contribution is -1.98. The molecule has 0 radical (unpaired) electrons. The van der Waals surface area contributed by atoms with Crippen LogP contribution < -0.4 is 0 Å². The molecule has 24 heavy (non-hydrogen) atoms. The lowest BCUT2D eigenvalue weighted by atomic mass is 9.96. The number of allylic oxidation sites excluding steroid dienone is 1. The molecule has 0 spiro atoms. The second-order valence-electron chi connectivity index (χ2n) is 5.69. The molecule has 0 aliphatic heterocycles. The fourth-order valence-electron chi connectivity index (χ4n) is 3.28. The Labute approximate surface area is 149 Å². The Bertz CT molecular complexity index is 960. The molecule has 3 heterocycles. The fourth-order valence-corrected chi connectivity index (χ4v) is 3.60. The van der Waals surface area contributed by atoms with Gasteiger partial charge in [-0.15, -0.1) is 0 Å². The maximum Gasteiger partial charge on any atom is 0.222 e. The van der Waals surface area contributed by atoms with Gasteiger partial charge in [0.25, 0.3) is 0 Å². The van der Waals surface area contributed by atoms with Crippen molar-refractivity contribution < 1.29 is 0 Å². The molecule has 0 N–H and O–H groups in total. The highest BCUT2D eigenvalue weighted by Crippen LogP contribution is 2.40. The van der Waals surface area contributed by atoms with E-state index in [2.05, 4.69) is 38.7 Å². The minimum absolute atomic E-state index is 0.242. The summed E-state index contributed by atoms with van der Waals surface area (Å²) in [6.07, 6.45) is 11.5. The molecule has 0 atom stereocenters. The molecular formula is C18H14Cl2N4. The smallest absolute Gasteiger partial charge is 0.222 e. The molecule has 0 saturated heterocycles. The van der Waals surface area contributed by atoms with Crippen molar-refractivity contribution >= 4 is 29.3 Å². The molecule has 4 nitrogen and oxygen atoms in total. The van der Waals surface area contributed by atoms with E-state index < -0.39 is 0 Å². The van der Waals surface area contributed by atoms with E-state index in [-0.39, 0.29) is 5.28 Å². The van der Waals surface area contributed by atoms with Gasteiger partial charge in [-0.2, -0.15) is 0 Å². The first-order chi connectivity index (χ1) is 11.6. The summed E-state index contributed by atoms with van der Waals surface area (Å²) in [4.78, 5) is 12.7. The summed E-state index contributed by atoms with van der Waals surface area (Å²) >= 11 is 12.2. The van der Waals surface area contributed by atoms with Crippen LogP contribution in [0, 0.1) is 0 Å². The van der Waals surface area contributed by atoms with E-state index in [9.17, 15) is 0 Å². The van der Waals surface area contributed by atoms with E-state index >= 15 is 0 Å². The summed E-state index contributed by atoms with van der Waals surface area (Å²) in [6.45, 7) is 0. The second kappa shape index (κ2) is 6.04. The third kappa shape index (κ3) is 2.52. The predicted octanol–water partition coefficient (Wildman–Crippen LogP) is 4.81. The maximum absolute atomic E-state index is 6.16. The quantitative estimate of drug-likeness (QED) is 0.618. The largest absolute Gasteiger partial charge is 0.343 e. The average molecular weight is 357 g/mol. The number of hydrogen-bond acceptors (Lipinski definition) is 3. The van der Waals surface area contributed by atoms with Gasteiger partial charge in [-0.3, -0.25) is 4.98 Å². The van der Waals surface area contributed by atoms with Gasteiger partial charge in [-0.05, 0) is 48.2 Å². The van der Waals surface area contributed by atoms with Crippen molar-refractivity contribution in [3.05, 3.63) is 58.4 Å². The molecule has 3 aromatic heterocycles. The molecule has 3 aromatic rings. The Morgan fingerprint density at radius 3 is 2.88 bits per heavy atom. The van der Waals surface area contributed by atoms with Crippen molar-refractivity contribution in [3.63, 3.8) is 0 Å². The Morgan fingerprint density at radius 2 is 2.08 bits per heavy atom. The third-order valence-electron chi connectivity index (χ3n) is 4.24. The Morgan fingerprint density at radius 1 is 1.21 bits per heavy atom. The van der Waals surface area contributed by atoms with E-state index in [1.165, 1.54) is 11.3 Å². The van der Waals surface area contributed by atoms with Crippen LogP contribution in [-0.2, 0) is 13.5 Å². The van der Waals surface area contributed by atoms with Crippen molar-refractivity contribution in [2.24, 2.45) is 7.05 Å². The van der Waals surface area contributed by atoms with Crippen molar-refractivity contribution in [2.75, 3.05) is 0 Å². The van der Waals surface area contributed by atoms with E-state index in [4.69, 9.17) is 23.2 Å². The fraction of sp³-hybridized carbons (Fsp3) is 0.167. The molecule has 120 valence electrons. The minimum Gasteiger partial charge on any atom is -0.343 e. The molecule has 0 bridgehead atoms. The van der Waals surface area contributed by atoms with Crippen LogP contribution in [0.2, 0.25) is 10.3 Å². The number of hydrogen-bond donors (Lipinski definition) is 0. The predicted molar refractivity (Wildman–Crippen MR) is 97.0 cm³/mol. The van der Waals surface area contributed by atoms with Crippen LogP contribution in [0.5, 0.6) is 0 Å².